The van der Waals surface area contributed by atoms with E-state index in [1.165, 1.54) is 5.56 Å². The average Bonchev–Trinajstić information content (AvgIpc) is 3.41. The van der Waals surface area contributed by atoms with Crippen LogP contribution in [0.15, 0.2) is 24.3 Å². The Morgan fingerprint density at radius 1 is 0.844 bits per heavy atom. The second-order valence-electron chi connectivity index (χ2n) is 9.78. The van der Waals surface area contributed by atoms with E-state index in [0.717, 1.165) is 50.9 Å². The number of hydrogen-bond donors (Lipinski definition) is 0. The number of nitrogens with zero attached hydrogens (tertiary/aromatic N) is 3. The highest BCUT2D eigenvalue weighted by Gasteiger charge is 2.42. The highest BCUT2D eigenvalue weighted by atomic mass is 32.2. The van der Waals surface area contributed by atoms with E-state index in [-0.39, 0.29) is 41.2 Å². The fourth-order valence-electron chi connectivity index (χ4n) is 6.09. The molecular formula is C24H33N3O4S. The Labute approximate surface area is 190 Å². The summed E-state index contributed by atoms with van der Waals surface area (Å²) in [5.74, 6) is 0.291. The maximum atomic E-state index is 13.5. The predicted molar refractivity (Wildman–Crippen MR) is 123 cm³/mol. The van der Waals surface area contributed by atoms with Gasteiger partial charge in [-0.1, -0.05) is 31.0 Å². The molecule has 3 fully saturated rings. The summed E-state index contributed by atoms with van der Waals surface area (Å²) < 4.78 is 23.6. The number of carbonyl (C=O) groups is 2. The van der Waals surface area contributed by atoms with Gasteiger partial charge >= 0.3 is 0 Å². The third-order valence-electron chi connectivity index (χ3n) is 7.90. The Balaban J connectivity index is 1.24. The zero-order valence-corrected chi connectivity index (χ0v) is 19.4. The van der Waals surface area contributed by atoms with E-state index in [2.05, 4.69) is 11.0 Å². The lowest BCUT2D eigenvalue weighted by Gasteiger charge is -2.41. The van der Waals surface area contributed by atoms with Crippen LogP contribution < -0.4 is 4.90 Å². The maximum absolute atomic E-state index is 13.5. The van der Waals surface area contributed by atoms with Crippen LogP contribution in [0, 0.1) is 11.8 Å². The lowest BCUT2D eigenvalue weighted by molar-refractivity contribution is -0.144. The lowest BCUT2D eigenvalue weighted by Crippen LogP contribution is -2.55. The van der Waals surface area contributed by atoms with Crippen molar-refractivity contribution in [2.45, 2.75) is 44.6 Å². The number of carbonyl (C=O) groups excluding carboxylic acids is 2. The van der Waals surface area contributed by atoms with E-state index in [1.54, 1.807) is 0 Å². The van der Waals surface area contributed by atoms with Gasteiger partial charge in [-0.3, -0.25) is 14.5 Å². The Kier molecular flexibility index (Phi) is 6.01. The van der Waals surface area contributed by atoms with Crippen molar-refractivity contribution in [1.29, 1.82) is 0 Å². The Bertz CT molecular complexity index is 987. The number of hydrogen-bond acceptors (Lipinski definition) is 5. The molecular weight excluding hydrogens is 426 g/mol. The van der Waals surface area contributed by atoms with Crippen molar-refractivity contribution in [1.82, 2.24) is 9.80 Å². The van der Waals surface area contributed by atoms with Crippen LogP contribution in [0.2, 0.25) is 0 Å². The van der Waals surface area contributed by atoms with E-state index in [0.29, 0.717) is 26.1 Å². The molecule has 2 amide bonds. The maximum Gasteiger partial charge on any atom is 0.230 e. The van der Waals surface area contributed by atoms with Gasteiger partial charge in [-0.25, -0.2) is 8.42 Å². The summed E-state index contributed by atoms with van der Waals surface area (Å²) in [5.41, 5.74) is 2.22. The molecule has 5 rings (SSSR count). The minimum absolute atomic E-state index is 0.0940. The molecule has 1 aromatic rings. The summed E-state index contributed by atoms with van der Waals surface area (Å²) in [6.45, 7) is 3.39. The number of anilines is 1. The van der Waals surface area contributed by atoms with E-state index >= 15 is 0 Å². The average molecular weight is 460 g/mol. The van der Waals surface area contributed by atoms with Gasteiger partial charge in [0, 0.05) is 50.4 Å². The standard InChI is InChI=1S/C24H33N3O4S/c28-23(26-14-12-25(13-15-26)19-10-16-32(30,31)17-19)20-6-2-3-7-21(20)24(29)27-11-9-18-5-1-4-8-22(18)27/h1,4-5,8,19-21H,2-3,6-7,9-17H2. The van der Waals surface area contributed by atoms with Crippen molar-refractivity contribution >= 4 is 27.3 Å². The first-order valence-corrected chi connectivity index (χ1v) is 13.9. The van der Waals surface area contributed by atoms with Gasteiger partial charge in [0.15, 0.2) is 9.84 Å². The molecule has 0 spiro atoms. The molecule has 3 aliphatic heterocycles. The molecule has 7 nitrogen and oxygen atoms in total. The third-order valence-corrected chi connectivity index (χ3v) is 9.65. The first-order chi connectivity index (χ1) is 15.4. The van der Waals surface area contributed by atoms with Crippen LogP contribution in [0.4, 0.5) is 5.69 Å². The SMILES string of the molecule is O=C(C1CCCCC1C(=O)N1CCc2ccccc21)N1CCN(C2CCS(=O)(=O)C2)CC1. The summed E-state index contributed by atoms with van der Waals surface area (Å²) in [6.07, 6.45) is 5.15. The summed E-state index contributed by atoms with van der Waals surface area (Å²) in [7, 11) is -2.90. The van der Waals surface area contributed by atoms with Gasteiger partial charge in [-0.05, 0) is 37.3 Å². The molecule has 0 radical (unpaired) electrons. The Morgan fingerprint density at radius 2 is 1.53 bits per heavy atom. The minimum atomic E-state index is -2.90. The van der Waals surface area contributed by atoms with Crippen LogP contribution in [-0.2, 0) is 25.8 Å². The van der Waals surface area contributed by atoms with Crippen molar-refractivity contribution in [2.24, 2.45) is 11.8 Å². The largest absolute Gasteiger partial charge is 0.340 e. The molecule has 174 valence electrons. The summed E-state index contributed by atoms with van der Waals surface area (Å²) in [6, 6.07) is 8.18. The van der Waals surface area contributed by atoms with Gasteiger partial charge < -0.3 is 9.80 Å². The molecule has 0 bridgehead atoms. The van der Waals surface area contributed by atoms with E-state index in [1.807, 2.05) is 28.0 Å². The quantitative estimate of drug-likeness (QED) is 0.688. The van der Waals surface area contributed by atoms with Crippen LogP contribution in [0.3, 0.4) is 0 Å². The first kappa shape index (κ1) is 21.9. The van der Waals surface area contributed by atoms with Gasteiger partial charge in [0.05, 0.1) is 17.4 Å². The van der Waals surface area contributed by atoms with Crippen molar-refractivity contribution in [3.63, 3.8) is 0 Å². The molecule has 1 saturated carbocycles. The van der Waals surface area contributed by atoms with E-state index in [9.17, 15) is 18.0 Å². The fraction of sp³-hybridized carbons (Fsp3) is 0.667. The molecule has 4 aliphatic rings. The molecule has 3 atom stereocenters. The van der Waals surface area contributed by atoms with Gasteiger partial charge in [0.25, 0.3) is 0 Å². The van der Waals surface area contributed by atoms with Crippen LogP contribution in [0.25, 0.3) is 0 Å². The smallest absolute Gasteiger partial charge is 0.230 e. The molecule has 2 saturated heterocycles. The number of para-hydroxylation sites is 1. The third kappa shape index (κ3) is 4.19. The van der Waals surface area contributed by atoms with Crippen molar-refractivity contribution in [2.75, 3.05) is 49.1 Å². The zero-order valence-electron chi connectivity index (χ0n) is 18.6. The topological polar surface area (TPSA) is 78.0 Å². The normalized spacial score (nSPS) is 30.3. The number of piperazine rings is 1. The monoisotopic (exact) mass is 459 g/mol. The second kappa shape index (κ2) is 8.78. The van der Waals surface area contributed by atoms with Crippen LogP contribution in [0.1, 0.15) is 37.7 Å². The highest BCUT2D eigenvalue weighted by molar-refractivity contribution is 7.91. The fourth-order valence-corrected chi connectivity index (χ4v) is 7.86. The molecule has 1 aliphatic carbocycles. The predicted octanol–water partition coefficient (Wildman–Crippen LogP) is 1.71. The van der Waals surface area contributed by atoms with Gasteiger partial charge in [-0.2, -0.15) is 0 Å². The lowest BCUT2D eigenvalue weighted by atomic mass is 9.77. The molecule has 32 heavy (non-hydrogen) atoms. The molecule has 8 heteroatoms. The van der Waals surface area contributed by atoms with Crippen LogP contribution in [-0.4, -0.2) is 80.3 Å². The van der Waals surface area contributed by atoms with E-state index < -0.39 is 9.84 Å². The van der Waals surface area contributed by atoms with Gasteiger partial charge in [0.1, 0.15) is 0 Å². The molecule has 3 heterocycles. The Hall–Kier alpha value is -1.93. The van der Waals surface area contributed by atoms with Crippen molar-refractivity contribution in [3.05, 3.63) is 29.8 Å². The second-order valence-corrected chi connectivity index (χ2v) is 12.0. The molecule has 3 unspecified atom stereocenters. The number of rotatable bonds is 3. The number of amides is 2. The summed E-state index contributed by atoms with van der Waals surface area (Å²) in [5, 5.41) is 0. The summed E-state index contributed by atoms with van der Waals surface area (Å²) in [4.78, 5) is 33.1. The minimum Gasteiger partial charge on any atom is -0.340 e. The first-order valence-electron chi connectivity index (χ1n) is 12.1. The number of sulfone groups is 1. The molecule has 0 aromatic heterocycles. The number of benzene rings is 1. The number of fused-ring (bicyclic) bond motifs is 1. The summed E-state index contributed by atoms with van der Waals surface area (Å²) >= 11 is 0. The van der Waals surface area contributed by atoms with Crippen LogP contribution in [0.5, 0.6) is 0 Å². The molecule has 0 N–H and O–H groups in total. The zero-order chi connectivity index (χ0) is 22.3. The highest BCUT2D eigenvalue weighted by Crippen LogP contribution is 2.37. The van der Waals surface area contributed by atoms with Gasteiger partial charge in [0.2, 0.25) is 11.8 Å². The van der Waals surface area contributed by atoms with Crippen molar-refractivity contribution in [3.8, 4) is 0 Å². The molecule has 1 aromatic carbocycles. The van der Waals surface area contributed by atoms with Gasteiger partial charge in [-0.15, -0.1) is 0 Å². The van der Waals surface area contributed by atoms with E-state index in [4.69, 9.17) is 0 Å². The van der Waals surface area contributed by atoms with Crippen LogP contribution >= 0.6 is 0 Å². The Morgan fingerprint density at radius 3 is 2.22 bits per heavy atom. The van der Waals surface area contributed by atoms with Crippen molar-refractivity contribution < 1.29 is 18.0 Å².